The number of hydrogen-bond donors (Lipinski definition) is 2. The van der Waals surface area contributed by atoms with Crippen molar-refractivity contribution in [3.05, 3.63) is 52.4 Å². The Balaban J connectivity index is 1.48. The summed E-state index contributed by atoms with van der Waals surface area (Å²) in [6, 6.07) is 5.94. The highest BCUT2D eigenvalue weighted by Gasteiger charge is 2.25. The van der Waals surface area contributed by atoms with Crippen LogP contribution in [0.4, 0.5) is 4.39 Å². The number of nitrogens with one attached hydrogen (secondary N) is 1. The quantitative estimate of drug-likeness (QED) is 0.617. The van der Waals surface area contributed by atoms with Gasteiger partial charge in [0.1, 0.15) is 5.82 Å². The molecule has 1 aliphatic carbocycles. The Bertz CT molecular complexity index is 1160. The van der Waals surface area contributed by atoms with Gasteiger partial charge in [-0.05, 0) is 75.5 Å². The Morgan fingerprint density at radius 3 is 2.74 bits per heavy atom. The van der Waals surface area contributed by atoms with Gasteiger partial charge >= 0.3 is 0 Å². The van der Waals surface area contributed by atoms with Crippen LogP contribution in [0.2, 0.25) is 5.02 Å². The van der Waals surface area contributed by atoms with Crippen molar-refractivity contribution >= 4 is 22.9 Å². The maximum atomic E-state index is 13.6. The molecule has 2 fully saturated rings. The zero-order valence-corrected chi connectivity index (χ0v) is 18.2. The number of piperidine rings is 1. The number of rotatable bonds is 5. The van der Waals surface area contributed by atoms with Crippen molar-refractivity contribution in [1.29, 1.82) is 0 Å². The zero-order chi connectivity index (χ0) is 21.5. The maximum absolute atomic E-state index is 13.6. The Labute approximate surface area is 185 Å². The molecule has 1 aliphatic heterocycles. The van der Waals surface area contributed by atoms with Crippen LogP contribution < -0.4 is 5.32 Å². The summed E-state index contributed by atoms with van der Waals surface area (Å²) >= 11 is 5.95. The summed E-state index contributed by atoms with van der Waals surface area (Å²) in [5.41, 5.74) is 5.04. The third kappa shape index (κ3) is 4.12. The van der Waals surface area contributed by atoms with Crippen LogP contribution >= 0.6 is 11.6 Å². The second-order valence-electron chi connectivity index (χ2n) is 8.53. The van der Waals surface area contributed by atoms with E-state index in [9.17, 15) is 9.50 Å². The van der Waals surface area contributed by atoms with Crippen LogP contribution in [0.15, 0.2) is 36.0 Å². The molecule has 1 saturated carbocycles. The van der Waals surface area contributed by atoms with Crippen LogP contribution in [-0.2, 0) is 0 Å². The lowest BCUT2D eigenvalue weighted by Gasteiger charge is -2.29. The van der Waals surface area contributed by atoms with Crippen LogP contribution in [0.1, 0.15) is 31.2 Å². The largest absolute Gasteiger partial charge is 0.493 e. The molecule has 0 spiro atoms. The lowest BCUT2D eigenvalue weighted by Crippen LogP contribution is -2.34. The molecule has 6 nitrogen and oxygen atoms in total. The van der Waals surface area contributed by atoms with E-state index in [1.54, 1.807) is 12.3 Å². The predicted molar refractivity (Wildman–Crippen MR) is 119 cm³/mol. The molecule has 8 heteroatoms. The van der Waals surface area contributed by atoms with E-state index in [0.29, 0.717) is 22.8 Å². The van der Waals surface area contributed by atoms with E-state index in [1.165, 1.54) is 41.1 Å². The van der Waals surface area contributed by atoms with E-state index in [-0.39, 0.29) is 10.9 Å². The van der Waals surface area contributed by atoms with Crippen LogP contribution in [0.25, 0.3) is 22.6 Å². The molecule has 0 amide bonds. The summed E-state index contributed by atoms with van der Waals surface area (Å²) in [7, 11) is 2.17. The summed E-state index contributed by atoms with van der Waals surface area (Å²) in [6.45, 7) is 3.19. The average molecular weight is 442 g/mol. The number of fused-ring (bicyclic) bond motifs is 1. The molecule has 1 aromatic carbocycles. The summed E-state index contributed by atoms with van der Waals surface area (Å²) in [6.07, 6.45) is 6.26. The van der Waals surface area contributed by atoms with Crippen molar-refractivity contribution in [2.24, 2.45) is 5.92 Å². The highest BCUT2D eigenvalue weighted by Crippen LogP contribution is 2.37. The van der Waals surface area contributed by atoms with E-state index in [1.807, 2.05) is 0 Å². The topological polar surface area (TPSA) is 65.7 Å². The van der Waals surface area contributed by atoms with E-state index < -0.39 is 5.82 Å². The second-order valence-corrected chi connectivity index (χ2v) is 8.94. The van der Waals surface area contributed by atoms with Gasteiger partial charge in [-0.25, -0.2) is 9.37 Å². The van der Waals surface area contributed by atoms with Crippen LogP contribution in [0.3, 0.4) is 0 Å². The van der Waals surface area contributed by atoms with E-state index in [2.05, 4.69) is 22.4 Å². The minimum atomic E-state index is -0.486. The second kappa shape index (κ2) is 8.13. The SMILES string of the molecule is CN1CCC(CNC(=C2CC2)c2cnn3c(O)cc(-c4ccc(F)c(Cl)c4)nc23)CC1. The molecule has 2 aliphatic rings. The summed E-state index contributed by atoms with van der Waals surface area (Å²) in [5, 5.41) is 18.6. The van der Waals surface area contributed by atoms with Crippen LogP contribution in [0, 0.1) is 11.7 Å². The molecule has 2 aromatic heterocycles. The summed E-state index contributed by atoms with van der Waals surface area (Å²) in [5.74, 6) is 0.132. The molecule has 1 saturated heterocycles. The van der Waals surface area contributed by atoms with Gasteiger partial charge in [-0.2, -0.15) is 9.61 Å². The maximum Gasteiger partial charge on any atom is 0.216 e. The first-order valence-corrected chi connectivity index (χ1v) is 11.1. The molecule has 2 N–H and O–H groups in total. The molecule has 0 atom stereocenters. The molecule has 0 unspecified atom stereocenters. The number of aromatic nitrogens is 3. The van der Waals surface area contributed by atoms with Gasteiger partial charge in [0.15, 0.2) is 5.65 Å². The smallest absolute Gasteiger partial charge is 0.216 e. The first-order chi connectivity index (χ1) is 15.0. The number of hydrogen-bond acceptors (Lipinski definition) is 5. The fourth-order valence-corrected chi connectivity index (χ4v) is 4.34. The van der Waals surface area contributed by atoms with Gasteiger partial charge in [0.2, 0.25) is 5.88 Å². The molecule has 0 bridgehead atoms. The summed E-state index contributed by atoms with van der Waals surface area (Å²) < 4.78 is 15.0. The molecular weight excluding hydrogens is 417 g/mol. The van der Waals surface area contributed by atoms with Gasteiger partial charge in [-0.3, -0.25) is 0 Å². The highest BCUT2D eigenvalue weighted by atomic mass is 35.5. The van der Waals surface area contributed by atoms with Gasteiger partial charge in [0.25, 0.3) is 0 Å². The van der Waals surface area contributed by atoms with Gasteiger partial charge in [0.05, 0.1) is 22.5 Å². The number of allylic oxidation sites excluding steroid dienone is 1. The Hall–Kier alpha value is -2.64. The number of halogens is 2. The third-order valence-electron chi connectivity index (χ3n) is 6.20. The monoisotopic (exact) mass is 441 g/mol. The van der Waals surface area contributed by atoms with E-state index in [4.69, 9.17) is 16.6 Å². The molecule has 0 radical (unpaired) electrons. The lowest BCUT2D eigenvalue weighted by atomic mass is 9.97. The van der Waals surface area contributed by atoms with Crippen molar-refractivity contribution < 1.29 is 9.50 Å². The predicted octanol–water partition coefficient (Wildman–Crippen LogP) is 4.33. The summed E-state index contributed by atoms with van der Waals surface area (Å²) in [4.78, 5) is 7.12. The first kappa shape index (κ1) is 20.3. The molecule has 162 valence electrons. The van der Waals surface area contributed by atoms with Gasteiger partial charge in [-0.15, -0.1) is 0 Å². The van der Waals surface area contributed by atoms with E-state index in [0.717, 1.165) is 43.7 Å². The van der Waals surface area contributed by atoms with Crippen molar-refractivity contribution in [3.8, 4) is 17.1 Å². The minimum Gasteiger partial charge on any atom is -0.493 e. The van der Waals surface area contributed by atoms with Crippen LogP contribution in [0.5, 0.6) is 5.88 Å². The Morgan fingerprint density at radius 2 is 2.03 bits per heavy atom. The van der Waals surface area contributed by atoms with Gasteiger partial charge < -0.3 is 15.3 Å². The molecule has 5 rings (SSSR count). The van der Waals surface area contributed by atoms with Gasteiger partial charge in [0, 0.05) is 23.9 Å². The average Bonchev–Trinajstić information content (AvgIpc) is 3.51. The van der Waals surface area contributed by atoms with Gasteiger partial charge in [-0.1, -0.05) is 11.6 Å². The van der Waals surface area contributed by atoms with E-state index >= 15 is 0 Å². The highest BCUT2D eigenvalue weighted by molar-refractivity contribution is 6.31. The molecular formula is C23H25ClFN5O. The molecule has 3 heterocycles. The number of benzene rings is 1. The fraction of sp³-hybridized carbons (Fsp3) is 0.391. The minimum absolute atomic E-state index is 0.0213. The molecule has 31 heavy (non-hydrogen) atoms. The number of likely N-dealkylation sites (tertiary alicyclic amines) is 1. The van der Waals surface area contributed by atoms with Crippen LogP contribution in [-0.4, -0.2) is 51.3 Å². The number of nitrogens with zero attached hydrogens (tertiary/aromatic N) is 4. The van der Waals surface area contributed by atoms with Crippen molar-refractivity contribution in [1.82, 2.24) is 24.8 Å². The normalized spacial score (nSPS) is 17.3. The lowest BCUT2D eigenvalue weighted by molar-refractivity contribution is 0.220. The standard InChI is InChI=1S/C23H25ClFN5O/c1-29-8-6-14(7-9-29)12-26-22(15-2-3-15)17-13-27-30-21(31)11-20(28-23(17)30)16-4-5-19(25)18(24)10-16/h4-5,10-11,13-14,26,31H,2-3,6-9,12H2,1H3. The Kier molecular flexibility index (Phi) is 5.32. The van der Waals surface area contributed by atoms with Crippen molar-refractivity contribution in [2.75, 3.05) is 26.7 Å². The first-order valence-electron chi connectivity index (χ1n) is 10.7. The zero-order valence-electron chi connectivity index (χ0n) is 17.4. The third-order valence-corrected chi connectivity index (χ3v) is 6.49. The fourth-order valence-electron chi connectivity index (χ4n) is 4.16. The number of aromatic hydroxyl groups is 1. The van der Waals surface area contributed by atoms with Crippen molar-refractivity contribution in [2.45, 2.75) is 25.7 Å². The Morgan fingerprint density at radius 1 is 1.26 bits per heavy atom. The molecule has 3 aromatic rings. The van der Waals surface area contributed by atoms with Crippen molar-refractivity contribution in [3.63, 3.8) is 0 Å².